The Morgan fingerprint density at radius 1 is 1.37 bits per heavy atom. The molecule has 106 valence electrons. The average Bonchev–Trinajstić information content (AvgIpc) is 2.65. The fourth-order valence-electron chi connectivity index (χ4n) is 1.76. The number of hydrogen-bond donors (Lipinski definition) is 4. The van der Waals surface area contributed by atoms with Crippen molar-refractivity contribution < 1.29 is 24.3 Å². The van der Waals surface area contributed by atoms with Crippen LogP contribution >= 0.6 is 0 Å². The number of urea groups is 1. The van der Waals surface area contributed by atoms with Gasteiger partial charge in [-0.15, -0.1) is 0 Å². The van der Waals surface area contributed by atoms with E-state index in [2.05, 4.69) is 15.8 Å². The van der Waals surface area contributed by atoms with Gasteiger partial charge in [0.25, 0.3) is 0 Å². The van der Waals surface area contributed by atoms with Crippen molar-refractivity contribution in [3.05, 3.63) is 17.0 Å². The molecule has 0 bridgehead atoms. The number of carboxylic acid groups (broad SMARTS) is 1. The van der Waals surface area contributed by atoms with Crippen molar-refractivity contribution in [1.29, 1.82) is 0 Å². The van der Waals surface area contributed by atoms with Gasteiger partial charge in [0, 0.05) is 5.56 Å². The lowest BCUT2D eigenvalue weighted by Crippen LogP contribution is -2.48. The van der Waals surface area contributed by atoms with Crippen LogP contribution in [-0.2, 0) is 4.79 Å². The summed E-state index contributed by atoms with van der Waals surface area (Å²) >= 11 is 0. The molecule has 0 aliphatic heterocycles. The zero-order valence-corrected chi connectivity index (χ0v) is 10.9. The molecule has 1 heterocycles. The molecule has 2 unspecified atom stereocenters. The van der Waals surface area contributed by atoms with Crippen LogP contribution in [0.15, 0.2) is 4.52 Å². The molecule has 0 aliphatic rings. The van der Waals surface area contributed by atoms with Gasteiger partial charge >= 0.3 is 12.0 Å². The van der Waals surface area contributed by atoms with Crippen LogP contribution in [0.25, 0.3) is 0 Å². The van der Waals surface area contributed by atoms with Crippen LogP contribution in [0.4, 0.5) is 4.79 Å². The molecule has 0 spiro atoms. The number of carbonyl (C=O) groups excluding carboxylic acids is 1. The van der Waals surface area contributed by atoms with Crippen molar-refractivity contribution in [3.8, 4) is 0 Å². The highest BCUT2D eigenvalue weighted by molar-refractivity contribution is 5.82. The molecule has 0 fully saturated rings. The number of aliphatic carboxylic acids is 1. The van der Waals surface area contributed by atoms with Gasteiger partial charge in [0.1, 0.15) is 5.76 Å². The molecule has 0 saturated heterocycles. The standard InChI is InChI=1S/C11H17N3O5/c1-5(9-6(2)14-19-7(9)3)12-11(18)13-8(4-15)10(16)17/h5,8,15H,4H2,1-3H3,(H,16,17)(H2,12,13,18). The number of nitrogens with zero attached hydrogens (tertiary/aromatic N) is 1. The van der Waals surface area contributed by atoms with Crippen LogP contribution in [0.5, 0.6) is 0 Å². The molecule has 4 N–H and O–H groups in total. The maximum absolute atomic E-state index is 11.6. The minimum absolute atomic E-state index is 0.389. The van der Waals surface area contributed by atoms with Crippen LogP contribution in [0, 0.1) is 13.8 Å². The number of aromatic nitrogens is 1. The van der Waals surface area contributed by atoms with Gasteiger partial charge in [-0.05, 0) is 20.8 Å². The van der Waals surface area contributed by atoms with E-state index in [-0.39, 0.29) is 6.04 Å². The number of rotatable bonds is 5. The van der Waals surface area contributed by atoms with Gasteiger partial charge < -0.3 is 25.4 Å². The van der Waals surface area contributed by atoms with Crippen molar-refractivity contribution in [2.24, 2.45) is 0 Å². The Bertz CT molecular complexity index is 451. The van der Waals surface area contributed by atoms with E-state index < -0.39 is 24.6 Å². The summed E-state index contributed by atoms with van der Waals surface area (Å²) in [5, 5.41) is 26.0. The van der Waals surface area contributed by atoms with Gasteiger partial charge in [-0.1, -0.05) is 5.16 Å². The molecule has 19 heavy (non-hydrogen) atoms. The Hall–Kier alpha value is -2.09. The largest absolute Gasteiger partial charge is 0.480 e. The summed E-state index contributed by atoms with van der Waals surface area (Å²) in [5.74, 6) is -0.718. The molecule has 0 aliphatic carbocycles. The number of aryl methyl sites for hydroxylation is 2. The first-order valence-corrected chi connectivity index (χ1v) is 5.70. The molecule has 0 saturated carbocycles. The van der Waals surface area contributed by atoms with Crippen LogP contribution in [0.3, 0.4) is 0 Å². The van der Waals surface area contributed by atoms with Gasteiger partial charge in [-0.2, -0.15) is 0 Å². The maximum atomic E-state index is 11.6. The Morgan fingerprint density at radius 2 is 2.00 bits per heavy atom. The number of carbonyl (C=O) groups is 2. The number of aliphatic hydroxyl groups is 1. The van der Waals surface area contributed by atoms with E-state index >= 15 is 0 Å². The van der Waals surface area contributed by atoms with Gasteiger partial charge in [0.05, 0.1) is 18.3 Å². The summed E-state index contributed by atoms with van der Waals surface area (Å²) in [5.41, 5.74) is 1.40. The summed E-state index contributed by atoms with van der Waals surface area (Å²) in [6.45, 7) is 4.51. The van der Waals surface area contributed by atoms with Crippen molar-refractivity contribution in [2.45, 2.75) is 32.9 Å². The first kappa shape index (κ1) is 15.0. The molecule has 8 heteroatoms. The molecule has 0 radical (unpaired) electrons. The lowest BCUT2D eigenvalue weighted by atomic mass is 10.1. The number of hydrogen-bond acceptors (Lipinski definition) is 5. The fourth-order valence-corrected chi connectivity index (χ4v) is 1.76. The Kier molecular flexibility index (Phi) is 4.87. The molecule has 1 aromatic rings. The lowest BCUT2D eigenvalue weighted by molar-refractivity contribution is -0.140. The SMILES string of the molecule is Cc1noc(C)c1C(C)NC(=O)NC(CO)C(=O)O. The predicted octanol–water partition coefficient (Wildman–Crippen LogP) is 0.0971. The Labute approximate surface area is 109 Å². The molecular formula is C11H17N3O5. The number of aliphatic hydroxyl groups excluding tert-OH is 1. The van der Waals surface area contributed by atoms with E-state index in [0.717, 1.165) is 5.56 Å². The zero-order chi connectivity index (χ0) is 14.6. The molecule has 2 amide bonds. The molecule has 1 aromatic heterocycles. The van der Waals surface area contributed by atoms with E-state index in [9.17, 15) is 9.59 Å². The number of amides is 2. The quantitative estimate of drug-likeness (QED) is 0.602. The van der Waals surface area contributed by atoms with E-state index in [4.69, 9.17) is 14.7 Å². The van der Waals surface area contributed by atoms with Crippen molar-refractivity contribution in [3.63, 3.8) is 0 Å². The van der Waals surface area contributed by atoms with Crippen molar-refractivity contribution in [2.75, 3.05) is 6.61 Å². The van der Waals surface area contributed by atoms with E-state index in [1.54, 1.807) is 20.8 Å². The normalized spacial score (nSPS) is 13.7. The minimum atomic E-state index is -1.34. The van der Waals surface area contributed by atoms with Crippen LogP contribution in [0.1, 0.15) is 30.0 Å². The van der Waals surface area contributed by atoms with E-state index in [1.165, 1.54) is 0 Å². The molecule has 0 aromatic carbocycles. The third-order valence-corrected chi connectivity index (χ3v) is 2.66. The first-order valence-electron chi connectivity index (χ1n) is 5.70. The van der Waals surface area contributed by atoms with Crippen LogP contribution in [0.2, 0.25) is 0 Å². The van der Waals surface area contributed by atoms with E-state index in [1.807, 2.05) is 0 Å². The third-order valence-electron chi connectivity index (χ3n) is 2.66. The lowest BCUT2D eigenvalue weighted by Gasteiger charge is -2.17. The second-order valence-corrected chi connectivity index (χ2v) is 4.15. The Balaban J connectivity index is 2.65. The summed E-state index contributed by atoms with van der Waals surface area (Å²) in [6, 6.07) is -2.41. The highest BCUT2D eigenvalue weighted by Gasteiger charge is 2.22. The fraction of sp³-hybridized carbons (Fsp3) is 0.545. The second-order valence-electron chi connectivity index (χ2n) is 4.15. The van der Waals surface area contributed by atoms with Crippen molar-refractivity contribution >= 4 is 12.0 Å². The van der Waals surface area contributed by atoms with Gasteiger partial charge in [-0.25, -0.2) is 9.59 Å². The third kappa shape index (κ3) is 3.68. The maximum Gasteiger partial charge on any atom is 0.328 e. The monoisotopic (exact) mass is 271 g/mol. The minimum Gasteiger partial charge on any atom is -0.480 e. The highest BCUT2D eigenvalue weighted by Crippen LogP contribution is 2.20. The highest BCUT2D eigenvalue weighted by atomic mass is 16.5. The summed E-state index contributed by atoms with van der Waals surface area (Å²) in [7, 11) is 0. The molecule has 8 nitrogen and oxygen atoms in total. The number of carboxylic acids is 1. The smallest absolute Gasteiger partial charge is 0.328 e. The molecule has 2 atom stereocenters. The summed E-state index contributed by atoms with van der Waals surface area (Å²) in [6.07, 6.45) is 0. The Morgan fingerprint density at radius 3 is 2.42 bits per heavy atom. The zero-order valence-electron chi connectivity index (χ0n) is 10.9. The first-order chi connectivity index (χ1) is 8.86. The van der Waals surface area contributed by atoms with Crippen LogP contribution < -0.4 is 10.6 Å². The molecular weight excluding hydrogens is 254 g/mol. The van der Waals surface area contributed by atoms with Gasteiger partial charge in [0.2, 0.25) is 0 Å². The predicted molar refractivity (Wildman–Crippen MR) is 64.6 cm³/mol. The summed E-state index contributed by atoms with van der Waals surface area (Å²) in [4.78, 5) is 22.3. The van der Waals surface area contributed by atoms with Crippen molar-refractivity contribution in [1.82, 2.24) is 15.8 Å². The molecule has 1 rings (SSSR count). The summed E-state index contributed by atoms with van der Waals surface area (Å²) < 4.78 is 4.98. The van der Waals surface area contributed by atoms with E-state index in [0.29, 0.717) is 11.5 Å². The average molecular weight is 271 g/mol. The second kappa shape index (κ2) is 6.19. The van der Waals surface area contributed by atoms with Gasteiger partial charge in [0.15, 0.2) is 6.04 Å². The number of nitrogens with one attached hydrogen (secondary N) is 2. The van der Waals surface area contributed by atoms with Gasteiger partial charge in [-0.3, -0.25) is 0 Å². The van der Waals surface area contributed by atoms with Crippen LogP contribution in [-0.4, -0.2) is 40.0 Å². The topological polar surface area (TPSA) is 125 Å².